The van der Waals surface area contributed by atoms with E-state index in [0.717, 1.165) is 23.1 Å². The molecule has 0 aliphatic heterocycles. The van der Waals surface area contributed by atoms with Gasteiger partial charge in [0.25, 0.3) is 0 Å². The third-order valence-corrected chi connectivity index (χ3v) is 3.41. The molecule has 0 aliphatic carbocycles. The number of halogens is 1. The van der Waals surface area contributed by atoms with Gasteiger partial charge in [-0.2, -0.15) is 0 Å². The van der Waals surface area contributed by atoms with Crippen molar-refractivity contribution in [1.82, 2.24) is 0 Å². The topological polar surface area (TPSA) is 38.3 Å². The van der Waals surface area contributed by atoms with Gasteiger partial charge in [0.15, 0.2) is 0 Å². The number of fused-ring (bicyclic) bond motifs is 1. The molecule has 0 spiro atoms. The van der Waals surface area contributed by atoms with E-state index >= 15 is 0 Å². The Morgan fingerprint density at radius 1 is 1.21 bits per heavy atom. The standard InChI is InChI=1S/C15H16BrNO2/c1-19-15(18)3-2-8-17-14-7-5-11-9-13(16)6-4-12(11)10-14/h4-7,9-10,17H,2-3,8H2,1H3. The van der Waals surface area contributed by atoms with Crippen LogP contribution in [0.1, 0.15) is 12.8 Å². The number of hydrogen-bond donors (Lipinski definition) is 1. The lowest BCUT2D eigenvalue weighted by Gasteiger charge is -2.07. The lowest BCUT2D eigenvalue weighted by Crippen LogP contribution is -2.06. The molecule has 0 amide bonds. The summed E-state index contributed by atoms with van der Waals surface area (Å²) in [5.41, 5.74) is 1.07. The molecule has 0 atom stereocenters. The lowest BCUT2D eigenvalue weighted by atomic mass is 10.1. The molecule has 0 radical (unpaired) electrons. The van der Waals surface area contributed by atoms with Crippen molar-refractivity contribution in [2.45, 2.75) is 12.8 Å². The first kappa shape index (κ1) is 13.9. The van der Waals surface area contributed by atoms with Gasteiger partial charge in [-0.1, -0.05) is 28.1 Å². The van der Waals surface area contributed by atoms with Gasteiger partial charge in [-0.15, -0.1) is 0 Å². The number of hydrogen-bond acceptors (Lipinski definition) is 3. The average molecular weight is 322 g/mol. The fourth-order valence-electron chi connectivity index (χ4n) is 1.89. The van der Waals surface area contributed by atoms with Crippen molar-refractivity contribution in [3.05, 3.63) is 40.9 Å². The Labute approximate surface area is 121 Å². The molecule has 19 heavy (non-hydrogen) atoms. The van der Waals surface area contributed by atoms with Gasteiger partial charge < -0.3 is 10.1 Å². The van der Waals surface area contributed by atoms with E-state index in [1.54, 1.807) is 0 Å². The smallest absolute Gasteiger partial charge is 0.305 e. The van der Waals surface area contributed by atoms with Crippen LogP contribution in [0, 0.1) is 0 Å². The van der Waals surface area contributed by atoms with E-state index in [9.17, 15) is 4.79 Å². The maximum Gasteiger partial charge on any atom is 0.305 e. The number of ether oxygens (including phenoxy) is 1. The van der Waals surface area contributed by atoms with Crippen LogP contribution < -0.4 is 5.32 Å². The van der Waals surface area contributed by atoms with Gasteiger partial charge in [-0.25, -0.2) is 0 Å². The van der Waals surface area contributed by atoms with Crippen LogP contribution in [0.4, 0.5) is 5.69 Å². The van der Waals surface area contributed by atoms with E-state index in [0.29, 0.717) is 6.42 Å². The highest BCUT2D eigenvalue weighted by molar-refractivity contribution is 9.10. The fraction of sp³-hybridized carbons (Fsp3) is 0.267. The van der Waals surface area contributed by atoms with Gasteiger partial charge in [-0.3, -0.25) is 4.79 Å². The highest BCUT2D eigenvalue weighted by Gasteiger charge is 2.00. The number of carbonyl (C=O) groups excluding carboxylic acids is 1. The van der Waals surface area contributed by atoms with E-state index in [1.165, 1.54) is 17.9 Å². The number of nitrogens with one attached hydrogen (secondary N) is 1. The molecule has 2 rings (SSSR count). The van der Waals surface area contributed by atoms with Crippen molar-refractivity contribution in [2.24, 2.45) is 0 Å². The van der Waals surface area contributed by atoms with Crippen molar-refractivity contribution >= 4 is 38.4 Å². The number of carbonyl (C=O) groups is 1. The Morgan fingerprint density at radius 3 is 2.74 bits per heavy atom. The maximum atomic E-state index is 11.0. The van der Waals surface area contributed by atoms with Crippen molar-refractivity contribution < 1.29 is 9.53 Å². The van der Waals surface area contributed by atoms with Crippen LogP contribution in [-0.4, -0.2) is 19.6 Å². The van der Waals surface area contributed by atoms with Gasteiger partial charge in [0.05, 0.1) is 7.11 Å². The molecule has 2 aromatic carbocycles. The number of esters is 1. The number of methoxy groups -OCH3 is 1. The molecule has 0 aliphatic rings. The SMILES string of the molecule is COC(=O)CCCNc1ccc2cc(Br)ccc2c1. The van der Waals surface area contributed by atoms with Gasteiger partial charge in [0.2, 0.25) is 0 Å². The first-order valence-electron chi connectivity index (χ1n) is 6.19. The summed E-state index contributed by atoms with van der Waals surface area (Å²) in [6.45, 7) is 0.761. The second kappa shape index (κ2) is 6.57. The average Bonchev–Trinajstić information content (AvgIpc) is 2.43. The minimum Gasteiger partial charge on any atom is -0.469 e. The van der Waals surface area contributed by atoms with E-state index in [1.807, 2.05) is 12.1 Å². The van der Waals surface area contributed by atoms with E-state index < -0.39 is 0 Å². The molecular formula is C15H16BrNO2. The molecule has 4 heteroatoms. The summed E-state index contributed by atoms with van der Waals surface area (Å²) in [7, 11) is 1.41. The number of anilines is 1. The van der Waals surface area contributed by atoms with E-state index in [-0.39, 0.29) is 5.97 Å². The molecule has 0 aromatic heterocycles. The zero-order valence-electron chi connectivity index (χ0n) is 10.8. The lowest BCUT2D eigenvalue weighted by molar-refractivity contribution is -0.140. The first-order chi connectivity index (χ1) is 9.19. The minimum atomic E-state index is -0.162. The summed E-state index contributed by atoms with van der Waals surface area (Å²) in [6.07, 6.45) is 1.22. The monoisotopic (exact) mass is 321 g/mol. The summed E-state index contributed by atoms with van der Waals surface area (Å²) in [6, 6.07) is 12.5. The van der Waals surface area contributed by atoms with Crippen molar-refractivity contribution in [1.29, 1.82) is 0 Å². The fourth-order valence-corrected chi connectivity index (χ4v) is 2.27. The zero-order chi connectivity index (χ0) is 13.7. The summed E-state index contributed by atoms with van der Waals surface area (Å²) in [5, 5.41) is 5.71. The van der Waals surface area contributed by atoms with Crippen LogP contribution in [0.5, 0.6) is 0 Å². The normalized spacial score (nSPS) is 10.4. The quantitative estimate of drug-likeness (QED) is 0.669. The molecule has 0 fully saturated rings. The second-order valence-corrected chi connectivity index (χ2v) is 5.23. The molecule has 0 bridgehead atoms. The zero-order valence-corrected chi connectivity index (χ0v) is 12.4. The summed E-state index contributed by atoms with van der Waals surface area (Å²) in [4.78, 5) is 11.0. The van der Waals surface area contributed by atoms with Crippen LogP contribution >= 0.6 is 15.9 Å². The third kappa shape index (κ3) is 3.96. The molecule has 0 unspecified atom stereocenters. The Bertz CT molecular complexity index is 583. The molecule has 3 nitrogen and oxygen atoms in total. The second-order valence-electron chi connectivity index (χ2n) is 4.31. The van der Waals surface area contributed by atoms with Gasteiger partial charge in [0.1, 0.15) is 0 Å². The predicted octanol–water partition coefficient (Wildman–Crippen LogP) is 3.97. The highest BCUT2D eigenvalue weighted by atomic mass is 79.9. The molecular weight excluding hydrogens is 306 g/mol. The van der Waals surface area contributed by atoms with Crippen molar-refractivity contribution in [3.63, 3.8) is 0 Å². The van der Waals surface area contributed by atoms with Gasteiger partial charge >= 0.3 is 5.97 Å². The highest BCUT2D eigenvalue weighted by Crippen LogP contribution is 2.22. The van der Waals surface area contributed by atoms with Crippen molar-refractivity contribution in [3.8, 4) is 0 Å². The van der Waals surface area contributed by atoms with Crippen LogP contribution in [0.25, 0.3) is 10.8 Å². The molecule has 0 saturated carbocycles. The molecule has 2 aromatic rings. The Kier molecular flexibility index (Phi) is 4.80. The predicted molar refractivity (Wildman–Crippen MR) is 81.4 cm³/mol. The van der Waals surface area contributed by atoms with Crippen LogP contribution in [0.2, 0.25) is 0 Å². The summed E-state index contributed by atoms with van der Waals surface area (Å²) >= 11 is 3.46. The van der Waals surface area contributed by atoms with E-state index in [2.05, 4.69) is 50.2 Å². The van der Waals surface area contributed by atoms with Crippen LogP contribution in [0.3, 0.4) is 0 Å². The van der Waals surface area contributed by atoms with Crippen molar-refractivity contribution in [2.75, 3.05) is 19.0 Å². The van der Waals surface area contributed by atoms with Gasteiger partial charge in [-0.05, 0) is 41.5 Å². The largest absolute Gasteiger partial charge is 0.469 e. The Hall–Kier alpha value is -1.55. The first-order valence-corrected chi connectivity index (χ1v) is 6.98. The van der Waals surface area contributed by atoms with E-state index in [4.69, 9.17) is 0 Å². The maximum absolute atomic E-state index is 11.0. The molecule has 0 saturated heterocycles. The summed E-state index contributed by atoms with van der Waals surface area (Å²) in [5.74, 6) is -0.162. The molecule has 1 N–H and O–H groups in total. The van der Waals surface area contributed by atoms with Gasteiger partial charge in [0, 0.05) is 23.1 Å². The Balaban J connectivity index is 1.94. The third-order valence-electron chi connectivity index (χ3n) is 2.92. The number of rotatable bonds is 5. The minimum absolute atomic E-state index is 0.162. The summed E-state index contributed by atoms with van der Waals surface area (Å²) < 4.78 is 5.68. The van der Waals surface area contributed by atoms with Crippen LogP contribution in [0.15, 0.2) is 40.9 Å². The molecule has 100 valence electrons. The number of benzene rings is 2. The Morgan fingerprint density at radius 2 is 1.95 bits per heavy atom. The molecule has 0 heterocycles. The van der Waals surface area contributed by atoms with Crippen LogP contribution in [-0.2, 0) is 9.53 Å².